The Balaban J connectivity index is 3.08. The number of methoxy groups -OCH3 is 1. The summed E-state index contributed by atoms with van der Waals surface area (Å²) in [6, 6.07) is 3.72. The second kappa shape index (κ2) is 6.89. The number of carbonyl (C=O) groups is 2. The van der Waals surface area contributed by atoms with Crippen LogP contribution in [0.1, 0.15) is 22.8 Å². The molecular weight excluding hydrogens is 264 g/mol. The highest BCUT2D eigenvalue weighted by Gasteiger charge is 2.16. The van der Waals surface area contributed by atoms with Crippen molar-refractivity contribution in [3.63, 3.8) is 0 Å². The maximum atomic E-state index is 11.6. The summed E-state index contributed by atoms with van der Waals surface area (Å²) in [4.78, 5) is 32.3. The first-order valence-electron chi connectivity index (χ1n) is 5.55. The molecule has 1 amide bonds. The fourth-order valence-corrected chi connectivity index (χ4v) is 1.34. The van der Waals surface area contributed by atoms with Crippen molar-refractivity contribution in [2.24, 2.45) is 0 Å². The van der Waals surface area contributed by atoms with Crippen molar-refractivity contribution < 1.29 is 19.2 Å². The number of amides is 1. The molecule has 1 aromatic rings. The number of nitro benzene ring substituents is 1. The summed E-state index contributed by atoms with van der Waals surface area (Å²) in [6.07, 6.45) is 0. The fourth-order valence-electron chi connectivity index (χ4n) is 1.34. The molecule has 0 aromatic heterocycles. The first-order valence-corrected chi connectivity index (χ1v) is 5.55. The van der Waals surface area contributed by atoms with E-state index in [1.54, 1.807) is 0 Å². The Kier molecular flexibility index (Phi) is 5.23. The van der Waals surface area contributed by atoms with E-state index in [0.717, 1.165) is 6.07 Å². The van der Waals surface area contributed by atoms with E-state index in [-0.39, 0.29) is 23.7 Å². The number of benzene rings is 1. The van der Waals surface area contributed by atoms with Gasteiger partial charge in [0.15, 0.2) is 0 Å². The van der Waals surface area contributed by atoms with Crippen molar-refractivity contribution in [3.8, 4) is 11.8 Å². The molecule has 0 spiro atoms. The number of hydrogen-bond donors (Lipinski definition) is 1. The zero-order valence-electron chi connectivity index (χ0n) is 10.9. The van der Waals surface area contributed by atoms with Crippen LogP contribution in [0.4, 0.5) is 5.69 Å². The van der Waals surface area contributed by atoms with Crippen molar-refractivity contribution in [1.29, 1.82) is 0 Å². The van der Waals surface area contributed by atoms with E-state index in [9.17, 15) is 19.7 Å². The number of non-ortho nitro benzene ring substituents is 1. The van der Waals surface area contributed by atoms with Gasteiger partial charge >= 0.3 is 5.97 Å². The predicted molar refractivity (Wildman–Crippen MR) is 70.0 cm³/mol. The molecule has 0 unspecified atom stereocenters. The van der Waals surface area contributed by atoms with Gasteiger partial charge < -0.3 is 10.1 Å². The van der Waals surface area contributed by atoms with E-state index >= 15 is 0 Å². The average Bonchev–Trinajstić information content (AvgIpc) is 2.42. The Morgan fingerprint density at radius 1 is 1.45 bits per heavy atom. The second-order valence-corrected chi connectivity index (χ2v) is 3.69. The lowest BCUT2D eigenvalue weighted by Gasteiger charge is -2.02. The van der Waals surface area contributed by atoms with E-state index in [0.29, 0.717) is 5.56 Å². The highest BCUT2D eigenvalue weighted by atomic mass is 16.6. The summed E-state index contributed by atoms with van der Waals surface area (Å²) in [7, 11) is 1.18. The van der Waals surface area contributed by atoms with Gasteiger partial charge in [-0.05, 0) is 6.07 Å². The molecule has 0 fully saturated rings. The van der Waals surface area contributed by atoms with Crippen LogP contribution in [-0.2, 0) is 9.53 Å². The third kappa shape index (κ3) is 4.10. The van der Waals surface area contributed by atoms with Gasteiger partial charge in [-0.1, -0.05) is 11.8 Å². The minimum atomic E-state index is -0.711. The van der Waals surface area contributed by atoms with Gasteiger partial charge in [-0.2, -0.15) is 0 Å². The molecule has 0 bridgehead atoms. The molecule has 0 aliphatic heterocycles. The Bertz CT molecular complexity index is 613. The molecule has 1 N–H and O–H groups in total. The molecule has 0 radical (unpaired) electrons. The van der Waals surface area contributed by atoms with Crippen LogP contribution in [0.5, 0.6) is 0 Å². The molecule has 0 atom stereocenters. The Morgan fingerprint density at radius 3 is 2.70 bits per heavy atom. The topological polar surface area (TPSA) is 98.5 Å². The lowest BCUT2D eigenvalue weighted by molar-refractivity contribution is -0.384. The highest BCUT2D eigenvalue weighted by molar-refractivity contribution is 5.93. The van der Waals surface area contributed by atoms with Gasteiger partial charge in [-0.3, -0.25) is 14.9 Å². The molecular formula is C13H12N2O5. The zero-order valence-corrected chi connectivity index (χ0v) is 10.9. The van der Waals surface area contributed by atoms with Crippen LogP contribution in [0.2, 0.25) is 0 Å². The van der Waals surface area contributed by atoms with E-state index in [1.807, 2.05) is 0 Å². The molecule has 0 heterocycles. The largest absolute Gasteiger partial charge is 0.465 e. The van der Waals surface area contributed by atoms with Crippen LogP contribution in [0, 0.1) is 22.0 Å². The number of nitro groups is 1. The minimum absolute atomic E-state index is 0.0111. The van der Waals surface area contributed by atoms with Crippen molar-refractivity contribution >= 4 is 17.6 Å². The fraction of sp³-hybridized carbons (Fsp3) is 0.231. The average molecular weight is 276 g/mol. The van der Waals surface area contributed by atoms with Gasteiger partial charge in [0.2, 0.25) is 5.91 Å². The zero-order chi connectivity index (χ0) is 15.1. The number of ether oxygens (including phenoxy) is 1. The number of nitrogens with one attached hydrogen (secondary N) is 1. The molecule has 104 valence electrons. The van der Waals surface area contributed by atoms with Crippen molar-refractivity contribution in [2.75, 3.05) is 13.7 Å². The molecule has 7 nitrogen and oxygen atoms in total. The maximum Gasteiger partial charge on any atom is 0.339 e. The van der Waals surface area contributed by atoms with Gasteiger partial charge in [-0.25, -0.2) is 4.79 Å². The highest BCUT2D eigenvalue weighted by Crippen LogP contribution is 2.18. The monoisotopic (exact) mass is 276 g/mol. The van der Waals surface area contributed by atoms with Crippen LogP contribution >= 0.6 is 0 Å². The van der Waals surface area contributed by atoms with Crippen molar-refractivity contribution in [1.82, 2.24) is 5.32 Å². The summed E-state index contributed by atoms with van der Waals surface area (Å²) in [5.41, 5.74) is 0.0858. The van der Waals surface area contributed by atoms with Gasteiger partial charge in [0.1, 0.15) is 0 Å². The second-order valence-electron chi connectivity index (χ2n) is 3.69. The predicted octanol–water partition coefficient (Wildman–Crippen LogP) is 0.869. The maximum absolute atomic E-state index is 11.6. The van der Waals surface area contributed by atoms with E-state index in [2.05, 4.69) is 21.9 Å². The summed E-state index contributed by atoms with van der Waals surface area (Å²) < 4.78 is 4.56. The van der Waals surface area contributed by atoms with E-state index < -0.39 is 10.9 Å². The molecule has 0 aliphatic carbocycles. The van der Waals surface area contributed by atoms with E-state index in [4.69, 9.17) is 0 Å². The quantitative estimate of drug-likeness (QED) is 0.382. The van der Waals surface area contributed by atoms with Gasteiger partial charge in [0.05, 0.1) is 24.1 Å². The lowest BCUT2D eigenvalue weighted by Crippen LogP contribution is -2.19. The smallest absolute Gasteiger partial charge is 0.339 e. The van der Waals surface area contributed by atoms with Crippen LogP contribution in [-0.4, -0.2) is 30.5 Å². The van der Waals surface area contributed by atoms with E-state index in [1.165, 1.54) is 26.2 Å². The molecule has 0 saturated heterocycles. The normalized spacial score (nSPS) is 9.10. The van der Waals surface area contributed by atoms with Crippen LogP contribution < -0.4 is 5.32 Å². The summed E-state index contributed by atoms with van der Waals surface area (Å²) in [5.74, 6) is 4.37. The number of rotatable bonds is 3. The molecule has 1 rings (SSSR count). The number of esters is 1. The summed E-state index contributed by atoms with van der Waals surface area (Å²) in [5, 5.41) is 13.2. The number of carbonyl (C=O) groups excluding carboxylic acids is 2. The van der Waals surface area contributed by atoms with Crippen molar-refractivity contribution in [3.05, 3.63) is 39.4 Å². The van der Waals surface area contributed by atoms with Crippen LogP contribution in [0.3, 0.4) is 0 Å². The number of hydrogen-bond acceptors (Lipinski definition) is 5. The molecule has 1 aromatic carbocycles. The number of nitrogens with zero attached hydrogens (tertiary/aromatic N) is 1. The summed E-state index contributed by atoms with van der Waals surface area (Å²) >= 11 is 0. The lowest BCUT2D eigenvalue weighted by atomic mass is 10.1. The third-order valence-electron chi connectivity index (χ3n) is 2.27. The Labute approximate surface area is 115 Å². The summed E-state index contributed by atoms with van der Waals surface area (Å²) in [6.45, 7) is 1.47. The van der Waals surface area contributed by atoms with Gasteiger partial charge in [0.25, 0.3) is 5.69 Å². The molecule has 0 saturated carbocycles. The Morgan fingerprint density at radius 2 is 2.15 bits per heavy atom. The van der Waals surface area contributed by atoms with Crippen LogP contribution in [0.15, 0.2) is 18.2 Å². The van der Waals surface area contributed by atoms with Crippen molar-refractivity contribution in [2.45, 2.75) is 6.92 Å². The first kappa shape index (κ1) is 15.2. The van der Waals surface area contributed by atoms with Gasteiger partial charge in [-0.15, -0.1) is 0 Å². The molecule has 7 heteroatoms. The Hall–Kier alpha value is -2.88. The minimum Gasteiger partial charge on any atom is -0.465 e. The van der Waals surface area contributed by atoms with Gasteiger partial charge in [0, 0.05) is 24.6 Å². The standard InChI is InChI=1S/C13H12N2O5/c1-9(16)14-7-3-4-10-5-6-11(15(18)19)8-12(10)13(17)20-2/h5-6,8H,7H2,1-2H3,(H,14,16). The first-order chi connectivity index (χ1) is 9.45. The van der Waals surface area contributed by atoms with Crippen LogP contribution in [0.25, 0.3) is 0 Å². The SMILES string of the molecule is COC(=O)c1cc([N+](=O)[O-])ccc1C#CCNC(C)=O. The third-order valence-corrected chi connectivity index (χ3v) is 2.27. The molecule has 20 heavy (non-hydrogen) atoms. The molecule has 0 aliphatic rings.